The minimum Gasteiger partial charge on any atom is -0.120 e. The molecule has 0 spiro atoms. The van der Waals surface area contributed by atoms with Gasteiger partial charge in [-0.25, -0.2) is 0 Å². The third kappa shape index (κ3) is 13.6. The summed E-state index contributed by atoms with van der Waals surface area (Å²) in [6.45, 7) is 3.86. The van der Waals surface area contributed by atoms with Gasteiger partial charge in [0.05, 0.1) is 0 Å². The van der Waals surface area contributed by atoms with Gasteiger partial charge in [-0.2, -0.15) is 0 Å². The van der Waals surface area contributed by atoms with Crippen molar-refractivity contribution in [1.82, 2.24) is 0 Å². The predicted molar refractivity (Wildman–Crippen MR) is 74.2 cm³/mol. The van der Waals surface area contributed by atoms with Crippen molar-refractivity contribution in [1.29, 1.82) is 0 Å². The van der Waals surface area contributed by atoms with Crippen LogP contribution in [0.5, 0.6) is 0 Å². The van der Waals surface area contributed by atoms with Crippen LogP contribution in [0.1, 0.15) is 83.5 Å². The number of unbranched alkanes of at least 4 members (excludes halogenated alkanes) is 12. The Labute approximate surface area is 103 Å². The molecule has 0 unspecified atom stereocenters. The van der Waals surface area contributed by atoms with Crippen LogP contribution < -0.4 is 0 Å². The lowest BCUT2D eigenvalue weighted by Crippen LogP contribution is -1.82. The van der Waals surface area contributed by atoms with Gasteiger partial charge in [-0.05, 0) is 6.42 Å². The van der Waals surface area contributed by atoms with Crippen molar-refractivity contribution in [2.24, 2.45) is 0 Å². The van der Waals surface area contributed by atoms with Gasteiger partial charge < -0.3 is 0 Å². The van der Waals surface area contributed by atoms with Crippen molar-refractivity contribution >= 4 is 0 Å². The van der Waals surface area contributed by atoms with E-state index >= 15 is 0 Å². The quantitative estimate of drug-likeness (QED) is 0.300. The summed E-state index contributed by atoms with van der Waals surface area (Å²) < 4.78 is 0. The Kier molecular flexibility index (Phi) is 14.2. The molecule has 0 heteroatoms. The molecule has 16 heavy (non-hydrogen) atoms. The van der Waals surface area contributed by atoms with Gasteiger partial charge in [-0.1, -0.05) is 77.6 Å². The van der Waals surface area contributed by atoms with E-state index in [1.54, 1.807) is 0 Å². The average molecular weight is 221 g/mol. The minimum absolute atomic E-state index is 0.965. The Hall–Kier alpha value is -0.440. The van der Waals surface area contributed by atoms with Crippen molar-refractivity contribution in [2.75, 3.05) is 0 Å². The standard InChI is InChI=1S/C16H29/c1-3-5-7-9-11-13-15-16-14-12-10-8-6-4-2/h1H,2,4-16H2. The molecule has 0 N–H and O–H groups in total. The monoisotopic (exact) mass is 221 g/mol. The first-order valence-electron chi connectivity index (χ1n) is 7.14. The van der Waals surface area contributed by atoms with Crippen molar-refractivity contribution < 1.29 is 0 Å². The molecular weight excluding hydrogens is 192 g/mol. The Morgan fingerprint density at radius 1 is 0.625 bits per heavy atom. The zero-order chi connectivity index (χ0) is 11.9. The van der Waals surface area contributed by atoms with Crippen molar-refractivity contribution in [3.8, 4) is 12.3 Å². The van der Waals surface area contributed by atoms with E-state index in [1.165, 1.54) is 70.6 Å². The fraction of sp³-hybridized carbons (Fsp3) is 0.812. The van der Waals surface area contributed by atoms with Crippen molar-refractivity contribution in [2.45, 2.75) is 83.5 Å². The first-order chi connectivity index (χ1) is 7.91. The van der Waals surface area contributed by atoms with Gasteiger partial charge in [0.1, 0.15) is 0 Å². The zero-order valence-electron chi connectivity index (χ0n) is 11.0. The molecule has 0 aromatic heterocycles. The molecule has 0 aromatic carbocycles. The summed E-state index contributed by atoms with van der Waals surface area (Å²) in [5.41, 5.74) is 0. The van der Waals surface area contributed by atoms with Gasteiger partial charge >= 0.3 is 0 Å². The highest BCUT2D eigenvalue weighted by Crippen LogP contribution is 2.12. The van der Waals surface area contributed by atoms with E-state index in [9.17, 15) is 0 Å². The molecule has 0 aliphatic rings. The summed E-state index contributed by atoms with van der Waals surface area (Å²) in [4.78, 5) is 0. The second-order valence-electron chi connectivity index (χ2n) is 4.70. The Morgan fingerprint density at radius 3 is 1.38 bits per heavy atom. The molecule has 0 aliphatic carbocycles. The molecule has 0 aliphatic heterocycles. The molecule has 0 nitrogen and oxygen atoms in total. The third-order valence-corrected chi connectivity index (χ3v) is 3.07. The van der Waals surface area contributed by atoms with Crippen LogP contribution in [0.15, 0.2) is 0 Å². The highest BCUT2D eigenvalue weighted by molar-refractivity contribution is 4.82. The molecule has 0 fully saturated rings. The van der Waals surface area contributed by atoms with Crippen LogP contribution in [-0.2, 0) is 0 Å². The Bertz CT molecular complexity index is 152. The highest BCUT2D eigenvalue weighted by Gasteiger charge is 1.92. The van der Waals surface area contributed by atoms with Gasteiger partial charge in [0.2, 0.25) is 0 Å². The maximum atomic E-state index is 5.21. The third-order valence-electron chi connectivity index (χ3n) is 3.07. The van der Waals surface area contributed by atoms with Crippen LogP contribution in [0, 0.1) is 19.3 Å². The summed E-state index contributed by atoms with van der Waals surface area (Å²) in [5, 5.41) is 0. The number of hydrogen-bond acceptors (Lipinski definition) is 0. The molecule has 0 amide bonds. The molecule has 0 saturated carbocycles. The predicted octanol–water partition coefficient (Wildman–Crippen LogP) is 5.52. The van der Waals surface area contributed by atoms with E-state index in [1.807, 2.05) is 0 Å². The minimum atomic E-state index is 0.965. The van der Waals surface area contributed by atoms with E-state index in [0.29, 0.717) is 0 Å². The lowest BCUT2D eigenvalue weighted by atomic mass is 10.0. The highest BCUT2D eigenvalue weighted by atomic mass is 14.0. The van der Waals surface area contributed by atoms with Crippen molar-refractivity contribution in [3.63, 3.8) is 0 Å². The maximum absolute atomic E-state index is 5.21. The van der Waals surface area contributed by atoms with Gasteiger partial charge in [0, 0.05) is 6.42 Å². The second-order valence-corrected chi connectivity index (χ2v) is 4.70. The van der Waals surface area contributed by atoms with Gasteiger partial charge in [0.25, 0.3) is 0 Å². The van der Waals surface area contributed by atoms with E-state index in [0.717, 1.165) is 12.8 Å². The smallest absolute Gasteiger partial charge is 0.00860 e. The molecular formula is C16H29. The van der Waals surface area contributed by atoms with Crippen LogP contribution in [0.25, 0.3) is 0 Å². The van der Waals surface area contributed by atoms with Gasteiger partial charge in [-0.15, -0.1) is 12.3 Å². The lowest BCUT2D eigenvalue weighted by Gasteiger charge is -2.01. The van der Waals surface area contributed by atoms with E-state index in [2.05, 4.69) is 12.8 Å². The maximum Gasteiger partial charge on any atom is 0.00860 e. The zero-order valence-corrected chi connectivity index (χ0v) is 11.0. The van der Waals surface area contributed by atoms with Gasteiger partial charge in [-0.3, -0.25) is 0 Å². The first-order valence-corrected chi connectivity index (χ1v) is 7.14. The number of hydrogen-bond donors (Lipinski definition) is 0. The van der Waals surface area contributed by atoms with Gasteiger partial charge in [0.15, 0.2) is 0 Å². The fourth-order valence-corrected chi connectivity index (χ4v) is 1.99. The second kappa shape index (κ2) is 14.6. The molecule has 0 heterocycles. The molecule has 93 valence electrons. The van der Waals surface area contributed by atoms with Crippen LogP contribution >= 0.6 is 0 Å². The molecule has 0 rings (SSSR count). The summed E-state index contributed by atoms with van der Waals surface area (Å²) in [7, 11) is 0. The molecule has 0 atom stereocenters. The van der Waals surface area contributed by atoms with Crippen LogP contribution in [-0.4, -0.2) is 0 Å². The fourth-order valence-electron chi connectivity index (χ4n) is 1.99. The Morgan fingerprint density at radius 2 is 1.00 bits per heavy atom. The first kappa shape index (κ1) is 15.6. The summed E-state index contributed by atoms with van der Waals surface area (Å²) in [5.74, 6) is 2.70. The topological polar surface area (TPSA) is 0 Å². The van der Waals surface area contributed by atoms with Crippen LogP contribution in [0.4, 0.5) is 0 Å². The SMILES string of the molecule is C#CCCCCCCCCCCCCC[CH2]. The normalized spacial score (nSPS) is 10.2. The van der Waals surface area contributed by atoms with Crippen LogP contribution in [0.3, 0.4) is 0 Å². The molecule has 0 bridgehead atoms. The van der Waals surface area contributed by atoms with Crippen molar-refractivity contribution in [3.05, 3.63) is 6.92 Å². The summed E-state index contributed by atoms with van der Waals surface area (Å²) in [6, 6.07) is 0. The lowest BCUT2D eigenvalue weighted by molar-refractivity contribution is 0.548. The van der Waals surface area contributed by atoms with E-state index in [-0.39, 0.29) is 0 Å². The largest absolute Gasteiger partial charge is 0.120 e. The molecule has 1 radical (unpaired) electrons. The van der Waals surface area contributed by atoms with E-state index in [4.69, 9.17) is 6.42 Å². The average Bonchev–Trinajstić information content (AvgIpc) is 2.31. The summed E-state index contributed by atoms with van der Waals surface area (Å²) >= 11 is 0. The molecule has 0 aromatic rings. The van der Waals surface area contributed by atoms with E-state index < -0.39 is 0 Å². The van der Waals surface area contributed by atoms with Crippen LogP contribution in [0.2, 0.25) is 0 Å². The Balaban J connectivity index is 2.86. The number of rotatable bonds is 12. The molecule has 0 saturated heterocycles. The number of terminal acetylenes is 1. The summed E-state index contributed by atoms with van der Waals surface area (Å²) in [6.07, 6.45) is 22.4.